The van der Waals surface area contributed by atoms with Crippen LogP contribution in [0.15, 0.2) is 65.6 Å². The molecule has 0 unspecified atom stereocenters. The van der Waals surface area contributed by atoms with Gasteiger partial charge < -0.3 is 30.3 Å². The van der Waals surface area contributed by atoms with Crippen molar-refractivity contribution in [3.8, 4) is 17.2 Å². The van der Waals surface area contributed by atoms with Gasteiger partial charge in [-0.15, -0.1) is 11.8 Å². The SMILES string of the molecule is COc1cccc(OC)c1C(=O)Nc1ccc(SCC(=O)Nc2ccc(O)c(C(=O)O)c2)cc1. The van der Waals surface area contributed by atoms with Crippen LogP contribution in [0, 0.1) is 0 Å². The first-order chi connectivity index (χ1) is 16.3. The summed E-state index contributed by atoms with van der Waals surface area (Å²) < 4.78 is 10.5. The number of anilines is 2. The number of benzene rings is 3. The summed E-state index contributed by atoms with van der Waals surface area (Å²) in [5, 5.41) is 24.0. The predicted octanol–water partition coefficient (Wildman–Crippen LogP) is 4.09. The monoisotopic (exact) mass is 482 g/mol. The number of rotatable bonds is 9. The Morgan fingerprint density at radius 2 is 1.50 bits per heavy atom. The van der Waals surface area contributed by atoms with E-state index in [2.05, 4.69) is 10.6 Å². The van der Waals surface area contributed by atoms with Gasteiger partial charge in [-0.25, -0.2) is 4.79 Å². The van der Waals surface area contributed by atoms with E-state index < -0.39 is 5.97 Å². The van der Waals surface area contributed by atoms with Gasteiger partial charge in [0.1, 0.15) is 28.4 Å². The number of hydrogen-bond acceptors (Lipinski definition) is 7. The number of methoxy groups -OCH3 is 2. The lowest BCUT2D eigenvalue weighted by molar-refractivity contribution is -0.113. The molecule has 3 rings (SSSR count). The summed E-state index contributed by atoms with van der Waals surface area (Å²) in [6.45, 7) is 0. The number of ether oxygens (including phenoxy) is 2. The summed E-state index contributed by atoms with van der Waals surface area (Å²) in [5.74, 6) is -1.54. The van der Waals surface area contributed by atoms with E-state index in [0.717, 1.165) is 4.90 Å². The molecule has 2 amide bonds. The summed E-state index contributed by atoms with van der Waals surface area (Å²) in [6.07, 6.45) is 0. The Bertz CT molecular complexity index is 1190. The average Bonchev–Trinajstić information content (AvgIpc) is 2.83. The number of hydrogen-bond donors (Lipinski definition) is 4. The van der Waals surface area contributed by atoms with Gasteiger partial charge in [-0.1, -0.05) is 6.07 Å². The van der Waals surface area contributed by atoms with E-state index in [0.29, 0.717) is 17.2 Å². The van der Waals surface area contributed by atoms with Crippen LogP contribution in [0.4, 0.5) is 11.4 Å². The number of carboxylic acids is 1. The molecule has 4 N–H and O–H groups in total. The van der Waals surface area contributed by atoms with Crippen LogP contribution in [0.5, 0.6) is 17.2 Å². The molecule has 0 saturated heterocycles. The van der Waals surface area contributed by atoms with Crippen LogP contribution in [0.2, 0.25) is 0 Å². The highest BCUT2D eigenvalue weighted by molar-refractivity contribution is 8.00. The second-order valence-corrected chi connectivity index (χ2v) is 7.94. The fourth-order valence-corrected chi connectivity index (χ4v) is 3.73. The summed E-state index contributed by atoms with van der Waals surface area (Å²) in [6, 6.07) is 15.8. The normalized spacial score (nSPS) is 10.3. The molecule has 10 heteroatoms. The second-order valence-electron chi connectivity index (χ2n) is 6.89. The van der Waals surface area contributed by atoms with Gasteiger partial charge in [-0.3, -0.25) is 9.59 Å². The summed E-state index contributed by atoms with van der Waals surface area (Å²) in [5.41, 5.74) is 0.805. The molecule has 0 fully saturated rings. The molecule has 0 aliphatic heterocycles. The summed E-state index contributed by atoms with van der Waals surface area (Å²) >= 11 is 1.27. The Labute approximate surface area is 199 Å². The van der Waals surface area contributed by atoms with Gasteiger partial charge >= 0.3 is 5.97 Å². The molecule has 0 aromatic heterocycles. The molecule has 0 heterocycles. The molecule has 34 heavy (non-hydrogen) atoms. The standard InChI is InChI=1S/C24H22N2O7S/c1-32-19-4-3-5-20(33-2)22(19)23(29)26-14-6-9-16(10-7-14)34-13-21(28)25-15-8-11-18(27)17(12-15)24(30)31/h3-12,27H,13H2,1-2H3,(H,25,28)(H,26,29)(H,30,31). The molecule has 0 saturated carbocycles. The Kier molecular flexibility index (Phi) is 7.99. The molecule has 176 valence electrons. The zero-order valence-corrected chi connectivity index (χ0v) is 19.1. The first-order valence-electron chi connectivity index (χ1n) is 9.93. The highest BCUT2D eigenvalue weighted by atomic mass is 32.2. The molecule has 3 aromatic carbocycles. The molecular weight excluding hydrogens is 460 g/mol. The molecule has 0 radical (unpaired) electrons. The minimum absolute atomic E-state index is 0.0768. The summed E-state index contributed by atoms with van der Waals surface area (Å²) in [7, 11) is 2.95. The maximum Gasteiger partial charge on any atom is 0.339 e. The average molecular weight is 483 g/mol. The molecule has 0 atom stereocenters. The molecule has 0 bridgehead atoms. The van der Waals surface area contributed by atoms with Gasteiger partial charge in [-0.2, -0.15) is 0 Å². The van der Waals surface area contributed by atoms with E-state index in [1.807, 2.05) is 0 Å². The van der Waals surface area contributed by atoms with Crippen molar-refractivity contribution in [3.05, 3.63) is 71.8 Å². The number of phenols is 1. The Hall–Kier alpha value is -4.18. The highest BCUT2D eigenvalue weighted by Gasteiger charge is 2.18. The highest BCUT2D eigenvalue weighted by Crippen LogP contribution is 2.29. The van der Waals surface area contributed by atoms with Gasteiger partial charge in [-0.05, 0) is 54.6 Å². The number of carbonyl (C=O) groups excluding carboxylic acids is 2. The molecular formula is C24H22N2O7S. The van der Waals surface area contributed by atoms with Crippen molar-refractivity contribution in [1.29, 1.82) is 0 Å². The fraction of sp³-hybridized carbons (Fsp3) is 0.125. The van der Waals surface area contributed by atoms with Crippen LogP contribution in [0.1, 0.15) is 20.7 Å². The lowest BCUT2D eigenvalue weighted by Gasteiger charge is -2.13. The molecule has 9 nitrogen and oxygen atoms in total. The second kappa shape index (κ2) is 11.1. The first kappa shape index (κ1) is 24.5. The number of aromatic carboxylic acids is 1. The number of amides is 2. The number of carboxylic acid groups (broad SMARTS) is 1. The first-order valence-corrected chi connectivity index (χ1v) is 10.9. The van der Waals surface area contributed by atoms with Crippen molar-refractivity contribution in [3.63, 3.8) is 0 Å². The van der Waals surface area contributed by atoms with Gasteiger partial charge in [0.25, 0.3) is 5.91 Å². The van der Waals surface area contributed by atoms with E-state index in [1.54, 1.807) is 42.5 Å². The third kappa shape index (κ3) is 5.99. The van der Waals surface area contributed by atoms with E-state index >= 15 is 0 Å². The molecule has 0 aliphatic carbocycles. The number of aromatic hydroxyl groups is 1. The minimum Gasteiger partial charge on any atom is -0.507 e. The maximum absolute atomic E-state index is 12.8. The van der Waals surface area contributed by atoms with E-state index in [-0.39, 0.29) is 40.1 Å². The topological polar surface area (TPSA) is 134 Å². The van der Waals surface area contributed by atoms with E-state index in [4.69, 9.17) is 14.6 Å². The number of nitrogens with one attached hydrogen (secondary N) is 2. The number of carbonyl (C=O) groups is 3. The van der Waals surface area contributed by atoms with E-state index in [1.165, 1.54) is 44.2 Å². The summed E-state index contributed by atoms with van der Waals surface area (Å²) in [4.78, 5) is 36.9. The Morgan fingerprint density at radius 3 is 2.09 bits per heavy atom. The zero-order valence-electron chi connectivity index (χ0n) is 18.3. The van der Waals surface area contributed by atoms with Crippen molar-refractivity contribution in [2.45, 2.75) is 4.90 Å². The van der Waals surface area contributed by atoms with Gasteiger partial charge in [0.15, 0.2) is 0 Å². The van der Waals surface area contributed by atoms with Gasteiger partial charge in [0.05, 0.1) is 20.0 Å². The lowest BCUT2D eigenvalue weighted by Crippen LogP contribution is -2.15. The van der Waals surface area contributed by atoms with Gasteiger partial charge in [0, 0.05) is 16.3 Å². The van der Waals surface area contributed by atoms with Crippen LogP contribution in [-0.2, 0) is 4.79 Å². The molecule has 0 aliphatic rings. The van der Waals surface area contributed by atoms with Crippen molar-refractivity contribution in [1.82, 2.24) is 0 Å². The van der Waals surface area contributed by atoms with Crippen LogP contribution >= 0.6 is 11.8 Å². The minimum atomic E-state index is -1.29. The fourth-order valence-electron chi connectivity index (χ4n) is 3.03. The van der Waals surface area contributed by atoms with Crippen molar-refractivity contribution in [2.75, 3.05) is 30.6 Å². The van der Waals surface area contributed by atoms with Crippen LogP contribution < -0.4 is 20.1 Å². The Morgan fingerprint density at radius 1 is 0.882 bits per heavy atom. The van der Waals surface area contributed by atoms with Crippen LogP contribution in [0.3, 0.4) is 0 Å². The quantitative estimate of drug-likeness (QED) is 0.265. The van der Waals surface area contributed by atoms with Crippen molar-refractivity contribution in [2.24, 2.45) is 0 Å². The largest absolute Gasteiger partial charge is 0.507 e. The maximum atomic E-state index is 12.8. The van der Waals surface area contributed by atoms with Crippen LogP contribution in [0.25, 0.3) is 0 Å². The predicted molar refractivity (Wildman–Crippen MR) is 128 cm³/mol. The van der Waals surface area contributed by atoms with Gasteiger partial charge in [0.2, 0.25) is 5.91 Å². The third-order valence-corrected chi connectivity index (χ3v) is 5.66. The van der Waals surface area contributed by atoms with Crippen molar-refractivity contribution < 1.29 is 34.1 Å². The van der Waals surface area contributed by atoms with Crippen molar-refractivity contribution >= 4 is 40.9 Å². The Balaban J connectivity index is 1.58. The molecule has 0 spiro atoms. The van der Waals surface area contributed by atoms with Crippen LogP contribution in [-0.4, -0.2) is 48.0 Å². The zero-order chi connectivity index (χ0) is 24.7. The smallest absolute Gasteiger partial charge is 0.339 e. The third-order valence-electron chi connectivity index (χ3n) is 4.65. The molecule has 3 aromatic rings. The lowest BCUT2D eigenvalue weighted by atomic mass is 10.1. The van der Waals surface area contributed by atoms with E-state index in [9.17, 15) is 19.5 Å². The number of thioether (sulfide) groups is 1.